The first kappa shape index (κ1) is 28.5. The molecule has 39 heavy (non-hydrogen) atoms. The molecule has 0 aliphatic rings. The van der Waals surface area contributed by atoms with E-state index in [-0.39, 0.29) is 17.5 Å². The third kappa shape index (κ3) is 7.34. The molecule has 0 saturated carbocycles. The van der Waals surface area contributed by atoms with Gasteiger partial charge in [0.25, 0.3) is 0 Å². The Morgan fingerprint density at radius 2 is 0.974 bits per heavy atom. The summed E-state index contributed by atoms with van der Waals surface area (Å²) in [6.07, 6.45) is 0.232. The van der Waals surface area contributed by atoms with Crippen LogP contribution in [0.15, 0.2) is 138 Å². The number of rotatable bonds is 6. The number of hydrogen-bond donors (Lipinski definition) is 0. The maximum absolute atomic E-state index is 13.7. The molecule has 196 valence electrons. The van der Waals surface area contributed by atoms with Gasteiger partial charge in [-0.15, -0.1) is 0 Å². The van der Waals surface area contributed by atoms with Gasteiger partial charge in [0.2, 0.25) is 0 Å². The highest BCUT2D eigenvalue weighted by Gasteiger charge is 2.27. The zero-order valence-corrected chi connectivity index (χ0v) is 23.7. The Hall–Kier alpha value is -3.48. The van der Waals surface area contributed by atoms with Crippen molar-refractivity contribution in [1.82, 2.24) is 0 Å². The molecule has 0 fully saturated rings. The van der Waals surface area contributed by atoms with E-state index >= 15 is 0 Å². The highest BCUT2D eigenvalue weighted by atomic mass is 79.9. The summed E-state index contributed by atoms with van der Waals surface area (Å²) < 4.78 is 42.3. The molecule has 6 heteroatoms. The van der Waals surface area contributed by atoms with Crippen LogP contribution in [-0.2, 0) is 18.4 Å². The smallest absolute Gasteiger partial charge is 0.128 e. The molecule has 5 rings (SSSR count). The molecule has 0 spiro atoms. The van der Waals surface area contributed by atoms with E-state index < -0.39 is 6.15 Å². The molecule has 0 saturated heterocycles. The van der Waals surface area contributed by atoms with Crippen LogP contribution in [-0.4, -0.2) is 6.15 Å². The summed E-state index contributed by atoms with van der Waals surface area (Å²) in [5, 5.41) is 0. The summed E-state index contributed by atoms with van der Waals surface area (Å²) in [5.74, 6) is 1.96. The van der Waals surface area contributed by atoms with Crippen LogP contribution in [0.1, 0.15) is 11.1 Å². The Labute approximate surface area is 241 Å². The van der Waals surface area contributed by atoms with E-state index in [0.717, 1.165) is 32.2 Å². The summed E-state index contributed by atoms with van der Waals surface area (Å²) in [5.41, 5.74) is 4.84. The van der Waals surface area contributed by atoms with Crippen molar-refractivity contribution in [2.24, 2.45) is 0 Å². The summed E-state index contributed by atoms with van der Waals surface area (Å²) in [7, 11) is 0. The zero-order chi connectivity index (χ0) is 27.7. The van der Waals surface area contributed by atoms with Crippen LogP contribution < -0.4 is 16.4 Å². The second-order valence-corrected chi connectivity index (χ2v) is 10.4. The van der Waals surface area contributed by atoms with E-state index in [1.54, 1.807) is 36.4 Å². The molecule has 5 aromatic carbocycles. The van der Waals surface area contributed by atoms with Gasteiger partial charge in [0.15, 0.2) is 0 Å². The molecule has 5 aromatic rings. The molecular formula is C33H27BBrF3S. The third-order valence-corrected chi connectivity index (χ3v) is 7.62. The van der Waals surface area contributed by atoms with Gasteiger partial charge >= 0.3 is 0 Å². The van der Waals surface area contributed by atoms with Gasteiger partial charge in [-0.25, -0.2) is 19.1 Å². The van der Waals surface area contributed by atoms with Gasteiger partial charge in [-0.05, 0) is 66.7 Å². The quantitative estimate of drug-likeness (QED) is 0.148. The lowest BCUT2D eigenvalue weighted by molar-refractivity contribution is 0.628. The van der Waals surface area contributed by atoms with Crippen molar-refractivity contribution < 1.29 is 13.2 Å². The van der Waals surface area contributed by atoms with Crippen molar-refractivity contribution in [1.29, 1.82) is 0 Å². The maximum atomic E-state index is 13.7. The largest absolute Gasteiger partial charge is 0.231 e. The van der Waals surface area contributed by atoms with Crippen LogP contribution in [0, 0.1) is 17.5 Å². The normalized spacial score (nSPS) is 11.2. The van der Waals surface area contributed by atoms with Crippen LogP contribution in [0.3, 0.4) is 0 Å². The van der Waals surface area contributed by atoms with E-state index in [4.69, 9.17) is 0 Å². The third-order valence-electron chi connectivity index (χ3n) is 6.68. The summed E-state index contributed by atoms with van der Waals surface area (Å²) in [4.78, 5) is 0. The first-order valence-electron chi connectivity index (χ1n) is 12.5. The Balaban J connectivity index is 0.000000333. The first-order chi connectivity index (χ1) is 18.9. The lowest BCUT2D eigenvalue weighted by Gasteiger charge is -2.40. The maximum Gasteiger partial charge on any atom is 0.128 e. The summed E-state index contributed by atoms with van der Waals surface area (Å²) in [6, 6.07) is 36.9. The first-order valence-corrected chi connectivity index (χ1v) is 14.0. The minimum atomic E-state index is -1.76. The molecule has 0 N–H and O–H groups in total. The van der Waals surface area contributed by atoms with E-state index in [1.807, 2.05) is 48.5 Å². The molecule has 0 nitrogen and oxygen atoms in total. The molecule has 0 aliphatic heterocycles. The molecule has 0 amide bonds. The van der Waals surface area contributed by atoms with Crippen molar-refractivity contribution in [3.05, 3.63) is 166 Å². The minimum absolute atomic E-state index is 0.339. The lowest BCUT2D eigenvalue weighted by atomic mass is 9.15. The van der Waals surface area contributed by atoms with E-state index in [9.17, 15) is 13.2 Å². The standard InChI is InChI=1S/C26H19BF3.C7H7BrS/c28-24-12-6-21(7-13-24)27(22-8-14-25(29)15-9-22,23-10-16-26(30)17-11-23)19-18-20-4-2-1-3-5-20;8-7-3-1-6(5-9)2-4-7/h1-19H;1-4,9H,5H2/q-1;/p+1. The van der Waals surface area contributed by atoms with Gasteiger partial charge in [0.05, 0.1) is 0 Å². The van der Waals surface area contributed by atoms with Crippen molar-refractivity contribution in [3.63, 3.8) is 0 Å². The van der Waals surface area contributed by atoms with Gasteiger partial charge < -0.3 is 0 Å². The molecular weight excluding hydrogens is 576 g/mol. The Bertz CT molecular complexity index is 1380. The van der Waals surface area contributed by atoms with Crippen molar-refractivity contribution in [2.75, 3.05) is 0 Å². The van der Waals surface area contributed by atoms with E-state index in [1.165, 1.54) is 42.0 Å². The van der Waals surface area contributed by atoms with Crippen LogP contribution in [0.2, 0.25) is 0 Å². The number of hydrogen-bond acceptors (Lipinski definition) is 0. The highest BCUT2D eigenvalue weighted by Crippen LogP contribution is 2.14. The van der Waals surface area contributed by atoms with Gasteiger partial charge in [-0.2, -0.15) is 16.4 Å². The fraction of sp³-hybridized carbons (Fsp3) is 0.0303. The predicted octanol–water partition coefficient (Wildman–Crippen LogP) is 6.79. The van der Waals surface area contributed by atoms with E-state index in [2.05, 4.69) is 46.7 Å². The summed E-state index contributed by atoms with van der Waals surface area (Å²) in [6.45, 7) is 0. The fourth-order valence-corrected chi connectivity index (χ4v) is 5.13. The fourth-order valence-electron chi connectivity index (χ4n) is 4.63. The van der Waals surface area contributed by atoms with Crippen LogP contribution in [0.5, 0.6) is 0 Å². The van der Waals surface area contributed by atoms with Crippen LogP contribution in [0.4, 0.5) is 13.2 Å². The number of halogens is 4. The molecule has 0 atom stereocenters. The average molecular weight is 603 g/mol. The predicted molar refractivity (Wildman–Crippen MR) is 167 cm³/mol. The Kier molecular flexibility index (Phi) is 9.91. The van der Waals surface area contributed by atoms with Gasteiger partial charge in [0.1, 0.15) is 29.4 Å². The highest BCUT2D eigenvalue weighted by molar-refractivity contribution is 9.10. The van der Waals surface area contributed by atoms with Crippen molar-refractivity contribution in [2.45, 2.75) is 5.75 Å². The van der Waals surface area contributed by atoms with Crippen molar-refractivity contribution >= 4 is 57.2 Å². The lowest BCUT2D eigenvalue weighted by Crippen LogP contribution is -2.66. The number of benzene rings is 5. The van der Waals surface area contributed by atoms with Crippen molar-refractivity contribution in [3.8, 4) is 0 Å². The molecule has 0 aromatic heterocycles. The Morgan fingerprint density at radius 3 is 1.36 bits per heavy atom. The monoisotopic (exact) mass is 602 g/mol. The second kappa shape index (κ2) is 13.5. The molecule has 0 aliphatic carbocycles. The SMILES string of the molecule is Fc1ccc([B-](C=Cc2ccccc2)(c2ccc(F)cc2)c2ccc(F)cc2)cc1.[SH2+]Cc1ccc(Br)cc1. The molecule has 0 bridgehead atoms. The molecule has 0 heterocycles. The van der Waals surface area contributed by atoms with Gasteiger partial charge in [-0.1, -0.05) is 101 Å². The zero-order valence-electron chi connectivity index (χ0n) is 21.1. The van der Waals surface area contributed by atoms with Gasteiger partial charge in [-0.3, -0.25) is 0 Å². The topological polar surface area (TPSA) is 0 Å². The van der Waals surface area contributed by atoms with E-state index in [0.29, 0.717) is 0 Å². The molecule has 0 radical (unpaired) electrons. The van der Waals surface area contributed by atoms with Gasteiger partial charge in [0, 0.05) is 10.0 Å². The second-order valence-electron chi connectivity index (χ2n) is 9.16. The average Bonchev–Trinajstić information content (AvgIpc) is 2.97. The minimum Gasteiger partial charge on any atom is -0.231 e. The summed E-state index contributed by atoms with van der Waals surface area (Å²) >= 11 is 6.77. The molecule has 0 unspecified atom stereocenters. The van der Waals surface area contributed by atoms with Crippen LogP contribution in [0.25, 0.3) is 6.08 Å². The Morgan fingerprint density at radius 1 is 0.564 bits per heavy atom. The van der Waals surface area contributed by atoms with Crippen LogP contribution >= 0.6 is 15.9 Å².